The van der Waals surface area contributed by atoms with Gasteiger partial charge in [0.25, 0.3) is 5.79 Å². The molecule has 230 valence electrons. The van der Waals surface area contributed by atoms with Gasteiger partial charge in [0.15, 0.2) is 17.3 Å². The van der Waals surface area contributed by atoms with Gasteiger partial charge < -0.3 is 28.3 Å². The van der Waals surface area contributed by atoms with Crippen LogP contribution in [0.25, 0.3) is 11.5 Å². The number of aromatic carboxylic acids is 1. The molecule has 0 aliphatic carbocycles. The first-order valence-electron chi connectivity index (χ1n) is 14.9. The van der Waals surface area contributed by atoms with E-state index in [0.29, 0.717) is 46.6 Å². The van der Waals surface area contributed by atoms with Gasteiger partial charge in [-0.25, -0.2) is 14.2 Å². The first-order chi connectivity index (χ1) is 21.2. The zero-order chi connectivity index (χ0) is 30.6. The van der Waals surface area contributed by atoms with Crippen LogP contribution in [0.5, 0.6) is 11.5 Å². The third kappa shape index (κ3) is 5.25. The molecule has 3 aliphatic rings. The van der Waals surface area contributed by atoms with Gasteiger partial charge >= 0.3 is 5.97 Å². The quantitative estimate of drug-likeness (QED) is 0.231. The highest BCUT2D eigenvalue weighted by atomic mass is 35.5. The van der Waals surface area contributed by atoms with E-state index >= 15 is 0 Å². The topological polar surface area (TPSA) is 99.2 Å². The summed E-state index contributed by atoms with van der Waals surface area (Å²) in [6, 6.07) is 13.5. The summed E-state index contributed by atoms with van der Waals surface area (Å²) in [6.45, 7) is 7.52. The predicted molar refractivity (Wildman–Crippen MR) is 160 cm³/mol. The van der Waals surface area contributed by atoms with Crippen molar-refractivity contribution in [3.05, 3.63) is 87.8 Å². The van der Waals surface area contributed by atoms with E-state index in [0.717, 1.165) is 56.0 Å². The Bertz CT molecular complexity index is 1720. The first kappa shape index (κ1) is 28.9. The maximum absolute atomic E-state index is 14.8. The fourth-order valence-electron chi connectivity index (χ4n) is 6.44. The molecule has 0 saturated carbocycles. The molecule has 0 spiro atoms. The van der Waals surface area contributed by atoms with Gasteiger partial charge in [0.2, 0.25) is 5.76 Å². The van der Waals surface area contributed by atoms with Crippen molar-refractivity contribution in [1.29, 1.82) is 0 Å². The van der Waals surface area contributed by atoms with Gasteiger partial charge in [0.05, 0.1) is 24.8 Å². The van der Waals surface area contributed by atoms with E-state index in [1.54, 1.807) is 25.1 Å². The molecule has 3 aliphatic heterocycles. The van der Waals surface area contributed by atoms with Crippen molar-refractivity contribution < 1.29 is 32.9 Å². The number of carboxylic acid groups (broad SMARTS) is 1. The fourth-order valence-corrected chi connectivity index (χ4v) is 6.60. The molecule has 5 heterocycles. The van der Waals surface area contributed by atoms with Gasteiger partial charge in [-0.1, -0.05) is 23.7 Å². The summed E-state index contributed by atoms with van der Waals surface area (Å²) in [4.78, 5) is 18.7. The number of rotatable bonds is 8. The number of para-hydroxylation sites is 1. The molecule has 4 aromatic rings. The minimum absolute atomic E-state index is 0.111. The van der Waals surface area contributed by atoms with E-state index < -0.39 is 17.6 Å². The lowest BCUT2D eigenvalue weighted by atomic mass is 9.88. The summed E-state index contributed by atoms with van der Waals surface area (Å²) in [6.07, 6.45) is 2.95. The van der Waals surface area contributed by atoms with E-state index in [-0.39, 0.29) is 17.8 Å². The van der Waals surface area contributed by atoms with Crippen molar-refractivity contribution in [3.8, 4) is 23.0 Å². The van der Waals surface area contributed by atoms with Gasteiger partial charge in [-0.2, -0.15) is 0 Å². The van der Waals surface area contributed by atoms with Crippen LogP contribution in [0.1, 0.15) is 65.3 Å². The van der Waals surface area contributed by atoms with Crippen LogP contribution in [0.15, 0.2) is 52.9 Å². The first-order valence-corrected chi connectivity index (χ1v) is 15.3. The minimum Gasteiger partial charge on any atom is -0.475 e. The lowest BCUT2D eigenvalue weighted by Gasteiger charge is -2.33. The number of aromatic nitrogens is 2. The molecule has 2 aromatic carbocycles. The molecular formula is C33H33ClFN3O6. The Morgan fingerprint density at radius 2 is 1.93 bits per heavy atom. The normalized spacial score (nSPS) is 21.9. The molecular weight excluding hydrogens is 589 g/mol. The molecule has 2 atom stereocenters. The zero-order valence-electron chi connectivity index (χ0n) is 24.5. The predicted octanol–water partition coefficient (Wildman–Crippen LogP) is 6.75. The molecule has 2 saturated heterocycles. The largest absolute Gasteiger partial charge is 0.475 e. The number of halogens is 2. The van der Waals surface area contributed by atoms with E-state index in [4.69, 9.17) is 35.2 Å². The van der Waals surface area contributed by atoms with Crippen LogP contribution in [0.4, 0.5) is 4.39 Å². The van der Waals surface area contributed by atoms with Crippen LogP contribution >= 0.6 is 11.6 Å². The highest BCUT2D eigenvalue weighted by molar-refractivity contribution is 6.30. The molecule has 0 amide bonds. The second-order valence-electron chi connectivity index (χ2n) is 11.8. The molecule has 1 N–H and O–H groups in total. The summed E-state index contributed by atoms with van der Waals surface area (Å²) >= 11 is 5.98. The standard InChI is InChI=1S/C33H33ClFN3O6/c1-19-30(26-8-9-28(42-26)32(39)40)36-29(38(19)17-22-12-15-41-22)18-37-13-10-20(11-14-37)23-4-3-5-27-31(23)44-33(2,43-27)24-7-6-21(34)16-25(24)35/h3-9,16,20,22H,10-15,17-18H2,1-2H3,(H,39,40)/t22-,33-/m0/s1. The summed E-state index contributed by atoms with van der Waals surface area (Å²) < 4.78 is 40.9. The van der Waals surface area contributed by atoms with Gasteiger partial charge in [-0.15, -0.1) is 0 Å². The smallest absolute Gasteiger partial charge is 0.371 e. The monoisotopic (exact) mass is 621 g/mol. The Labute approximate surface area is 259 Å². The molecule has 9 nitrogen and oxygen atoms in total. The molecule has 44 heavy (non-hydrogen) atoms. The van der Waals surface area contributed by atoms with Crippen LogP contribution in [0, 0.1) is 12.7 Å². The Morgan fingerprint density at radius 3 is 2.61 bits per heavy atom. The average molecular weight is 622 g/mol. The van der Waals surface area contributed by atoms with Crippen LogP contribution in [0.2, 0.25) is 5.02 Å². The molecule has 0 bridgehead atoms. The number of benzene rings is 2. The Morgan fingerprint density at radius 1 is 1.14 bits per heavy atom. The van der Waals surface area contributed by atoms with Gasteiger partial charge in [-0.3, -0.25) is 4.90 Å². The van der Waals surface area contributed by atoms with E-state index in [2.05, 4.69) is 15.5 Å². The number of likely N-dealkylation sites (tertiary alicyclic amines) is 1. The van der Waals surface area contributed by atoms with Crippen molar-refractivity contribution in [3.63, 3.8) is 0 Å². The van der Waals surface area contributed by atoms with Crippen molar-refractivity contribution >= 4 is 17.6 Å². The highest BCUT2D eigenvalue weighted by Crippen LogP contribution is 2.50. The Kier molecular flexibility index (Phi) is 7.39. The molecule has 7 rings (SSSR count). The summed E-state index contributed by atoms with van der Waals surface area (Å²) in [7, 11) is 0. The number of nitrogens with zero attached hydrogens (tertiary/aromatic N) is 3. The number of ether oxygens (including phenoxy) is 3. The molecule has 0 unspecified atom stereocenters. The van der Waals surface area contributed by atoms with Crippen LogP contribution in [-0.4, -0.2) is 51.3 Å². The second kappa shape index (κ2) is 11.3. The summed E-state index contributed by atoms with van der Waals surface area (Å²) in [5.74, 6) is -0.117. The van der Waals surface area contributed by atoms with Crippen molar-refractivity contribution in [2.75, 3.05) is 19.7 Å². The third-order valence-electron chi connectivity index (χ3n) is 8.95. The number of piperidine rings is 1. The summed E-state index contributed by atoms with van der Waals surface area (Å²) in [5.41, 5.74) is 2.94. The number of carboxylic acids is 1. The molecule has 2 aromatic heterocycles. The van der Waals surface area contributed by atoms with Crippen LogP contribution in [-0.2, 0) is 23.6 Å². The maximum Gasteiger partial charge on any atom is 0.371 e. The second-order valence-corrected chi connectivity index (χ2v) is 12.3. The van der Waals surface area contributed by atoms with E-state index in [1.165, 1.54) is 12.1 Å². The number of hydrogen-bond acceptors (Lipinski definition) is 7. The van der Waals surface area contributed by atoms with Crippen molar-refractivity contribution in [2.24, 2.45) is 0 Å². The Hall–Kier alpha value is -3.86. The number of furan rings is 1. The van der Waals surface area contributed by atoms with Gasteiger partial charge in [0, 0.05) is 29.8 Å². The summed E-state index contributed by atoms with van der Waals surface area (Å²) in [5, 5.41) is 9.64. The average Bonchev–Trinajstić information content (AvgIpc) is 3.67. The third-order valence-corrected chi connectivity index (χ3v) is 9.19. The SMILES string of the molecule is Cc1c(-c2ccc(C(=O)O)o2)nc(CN2CCC(c3cccc4c3O[C@@](C)(c3ccc(Cl)cc3F)O4)CC2)n1C[C@@H]1CCO1. The number of fused-ring (bicyclic) bond motifs is 1. The highest BCUT2D eigenvalue weighted by Gasteiger charge is 2.43. The minimum atomic E-state index is -1.29. The number of imidazole rings is 1. The van der Waals surface area contributed by atoms with Gasteiger partial charge in [0.1, 0.15) is 17.3 Å². The van der Waals surface area contributed by atoms with Crippen molar-refractivity contribution in [2.45, 2.75) is 64.0 Å². The molecule has 2 fully saturated rings. The molecule has 11 heteroatoms. The molecule has 0 radical (unpaired) electrons. The van der Waals surface area contributed by atoms with Crippen molar-refractivity contribution in [1.82, 2.24) is 14.5 Å². The fraction of sp³-hybridized carbons (Fsp3) is 0.394. The van der Waals surface area contributed by atoms with Crippen LogP contribution in [0.3, 0.4) is 0 Å². The maximum atomic E-state index is 14.8. The number of carbonyl (C=O) groups is 1. The Balaban J connectivity index is 1.07. The van der Waals surface area contributed by atoms with Gasteiger partial charge in [-0.05, 0) is 81.6 Å². The zero-order valence-corrected chi connectivity index (χ0v) is 25.3. The number of hydrogen-bond donors (Lipinski definition) is 1. The van der Waals surface area contributed by atoms with Crippen LogP contribution < -0.4 is 9.47 Å². The lowest BCUT2D eigenvalue weighted by Crippen LogP contribution is -2.35. The lowest BCUT2D eigenvalue weighted by molar-refractivity contribution is -0.0712. The van der Waals surface area contributed by atoms with E-state index in [1.807, 2.05) is 19.1 Å². The van der Waals surface area contributed by atoms with E-state index in [9.17, 15) is 14.3 Å².